The molecule has 0 unspecified atom stereocenters. The Kier molecular flexibility index (Phi) is 4.24. The molecule has 0 aliphatic carbocycles. The lowest BCUT2D eigenvalue weighted by Crippen LogP contribution is -2.08. The molecule has 0 aliphatic rings. The molecule has 6 heteroatoms. The molecule has 0 atom stereocenters. The highest BCUT2D eigenvalue weighted by molar-refractivity contribution is 9.10. The molecule has 0 amide bonds. The zero-order valence-electron chi connectivity index (χ0n) is 11.1. The number of pyridine rings is 1. The predicted octanol–water partition coefficient (Wildman–Crippen LogP) is 3.35. The largest absolute Gasteiger partial charge is 0.478 e. The second-order valence-electron chi connectivity index (χ2n) is 4.42. The number of aromatic carboxylic acids is 1. The lowest BCUT2D eigenvalue weighted by Gasteiger charge is -2.13. The molecule has 0 saturated heterocycles. The summed E-state index contributed by atoms with van der Waals surface area (Å²) >= 11 is 3.22. The molecular weight excluding hydrogens is 322 g/mol. The van der Waals surface area contributed by atoms with Crippen molar-refractivity contribution in [1.82, 2.24) is 4.98 Å². The van der Waals surface area contributed by atoms with Gasteiger partial charge in [-0.15, -0.1) is 0 Å². The first-order valence-electron chi connectivity index (χ1n) is 5.90. The maximum absolute atomic E-state index is 11.2. The van der Waals surface area contributed by atoms with Crippen LogP contribution >= 0.6 is 15.9 Å². The Bertz CT molecular complexity index is 627. The molecule has 2 aromatic rings. The zero-order valence-corrected chi connectivity index (χ0v) is 12.7. The van der Waals surface area contributed by atoms with Crippen LogP contribution in [-0.2, 0) is 0 Å². The van der Waals surface area contributed by atoms with Gasteiger partial charge in [-0.05, 0) is 46.3 Å². The van der Waals surface area contributed by atoms with E-state index in [1.807, 2.05) is 43.3 Å². The number of hydrogen-bond acceptors (Lipinski definition) is 4. The molecule has 1 aromatic heterocycles. The summed E-state index contributed by atoms with van der Waals surface area (Å²) in [6.07, 6.45) is 1.56. The third-order valence-corrected chi connectivity index (χ3v) is 3.16. The summed E-state index contributed by atoms with van der Waals surface area (Å²) in [7, 11) is 3.92. The highest BCUT2D eigenvalue weighted by Crippen LogP contribution is 2.23. The van der Waals surface area contributed by atoms with Crippen molar-refractivity contribution in [2.24, 2.45) is 0 Å². The van der Waals surface area contributed by atoms with Gasteiger partial charge in [0.2, 0.25) is 0 Å². The molecule has 20 heavy (non-hydrogen) atoms. The van der Waals surface area contributed by atoms with E-state index in [0.717, 1.165) is 11.4 Å². The SMILES string of the molecule is CN(C)c1ccc(Nc2ncc(Br)cc2C(=O)O)cc1. The fraction of sp³-hybridized carbons (Fsp3) is 0.143. The Hall–Kier alpha value is -2.08. The maximum Gasteiger partial charge on any atom is 0.339 e. The Balaban J connectivity index is 2.28. The summed E-state index contributed by atoms with van der Waals surface area (Å²) in [6.45, 7) is 0. The number of halogens is 1. The number of carboxylic acid groups (broad SMARTS) is 1. The van der Waals surface area contributed by atoms with Gasteiger partial charge in [-0.25, -0.2) is 9.78 Å². The van der Waals surface area contributed by atoms with Crippen LogP contribution in [0.5, 0.6) is 0 Å². The van der Waals surface area contributed by atoms with Gasteiger partial charge >= 0.3 is 5.97 Å². The number of carbonyl (C=O) groups is 1. The van der Waals surface area contributed by atoms with Gasteiger partial charge in [0.1, 0.15) is 11.4 Å². The van der Waals surface area contributed by atoms with Crippen molar-refractivity contribution in [2.45, 2.75) is 0 Å². The standard InChI is InChI=1S/C14H14BrN3O2/c1-18(2)11-5-3-10(4-6-11)17-13-12(14(19)20)7-9(15)8-16-13/h3-8H,1-2H3,(H,16,17)(H,19,20). The summed E-state index contributed by atoms with van der Waals surface area (Å²) in [5.41, 5.74) is 1.97. The normalized spacial score (nSPS) is 10.2. The number of nitrogens with zero attached hydrogens (tertiary/aromatic N) is 2. The average molecular weight is 336 g/mol. The van der Waals surface area contributed by atoms with Gasteiger partial charge in [0.15, 0.2) is 0 Å². The van der Waals surface area contributed by atoms with E-state index in [-0.39, 0.29) is 5.56 Å². The highest BCUT2D eigenvalue weighted by Gasteiger charge is 2.12. The molecule has 0 spiro atoms. The monoisotopic (exact) mass is 335 g/mol. The number of hydrogen-bond donors (Lipinski definition) is 2. The summed E-state index contributed by atoms with van der Waals surface area (Å²) in [5.74, 6) is -0.704. The molecule has 104 valence electrons. The second-order valence-corrected chi connectivity index (χ2v) is 5.34. The summed E-state index contributed by atoms with van der Waals surface area (Å²) in [5, 5.41) is 12.2. The number of benzene rings is 1. The second kappa shape index (κ2) is 5.92. The minimum Gasteiger partial charge on any atom is -0.478 e. The molecule has 5 nitrogen and oxygen atoms in total. The van der Waals surface area contributed by atoms with Crippen molar-refractivity contribution in [3.63, 3.8) is 0 Å². The topological polar surface area (TPSA) is 65.5 Å². The number of anilines is 3. The van der Waals surface area contributed by atoms with Crippen molar-refractivity contribution >= 4 is 39.1 Å². The molecule has 1 heterocycles. The number of aromatic nitrogens is 1. The molecule has 0 fully saturated rings. The molecule has 0 aliphatic heterocycles. The lowest BCUT2D eigenvalue weighted by molar-refractivity contribution is 0.0697. The molecule has 1 aromatic carbocycles. The molecule has 0 bridgehead atoms. The third-order valence-electron chi connectivity index (χ3n) is 2.73. The number of nitrogens with one attached hydrogen (secondary N) is 1. The van der Waals surface area contributed by atoms with Gasteiger partial charge < -0.3 is 15.3 Å². The van der Waals surface area contributed by atoms with Crippen LogP contribution in [0.3, 0.4) is 0 Å². The first kappa shape index (κ1) is 14.3. The Morgan fingerprint density at radius 2 is 1.95 bits per heavy atom. The fourth-order valence-electron chi connectivity index (χ4n) is 1.68. The first-order chi connectivity index (χ1) is 9.47. The maximum atomic E-state index is 11.2. The van der Waals surface area contributed by atoms with Crippen molar-refractivity contribution in [2.75, 3.05) is 24.3 Å². The smallest absolute Gasteiger partial charge is 0.339 e. The Labute approximate surface area is 125 Å². The molecule has 0 saturated carbocycles. The van der Waals surface area contributed by atoms with Crippen molar-refractivity contribution in [3.05, 3.63) is 46.6 Å². The Morgan fingerprint density at radius 1 is 1.30 bits per heavy atom. The quantitative estimate of drug-likeness (QED) is 0.896. The van der Waals surface area contributed by atoms with Crippen LogP contribution in [0.25, 0.3) is 0 Å². The molecular formula is C14H14BrN3O2. The van der Waals surface area contributed by atoms with Gasteiger partial charge in [0.25, 0.3) is 0 Å². The number of rotatable bonds is 4. The first-order valence-corrected chi connectivity index (χ1v) is 6.70. The fourth-order valence-corrected chi connectivity index (χ4v) is 2.01. The van der Waals surface area contributed by atoms with E-state index >= 15 is 0 Å². The molecule has 0 radical (unpaired) electrons. The van der Waals surface area contributed by atoms with E-state index in [4.69, 9.17) is 0 Å². The molecule has 2 rings (SSSR count). The number of carboxylic acids is 1. The Morgan fingerprint density at radius 3 is 2.50 bits per heavy atom. The van der Waals surface area contributed by atoms with Crippen molar-refractivity contribution in [3.8, 4) is 0 Å². The highest BCUT2D eigenvalue weighted by atomic mass is 79.9. The van der Waals surface area contributed by atoms with E-state index in [1.165, 1.54) is 6.07 Å². The minimum absolute atomic E-state index is 0.121. The van der Waals surface area contributed by atoms with E-state index < -0.39 is 5.97 Å². The third kappa shape index (κ3) is 3.27. The van der Waals surface area contributed by atoms with Crippen LogP contribution in [0.15, 0.2) is 41.0 Å². The van der Waals surface area contributed by atoms with Gasteiger partial charge in [-0.3, -0.25) is 0 Å². The van der Waals surface area contributed by atoms with Crippen molar-refractivity contribution < 1.29 is 9.90 Å². The van der Waals surface area contributed by atoms with E-state index in [1.54, 1.807) is 6.20 Å². The van der Waals surface area contributed by atoms with E-state index in [9.17, 15) is 9.90 Å². The average Bonchev–Trinajstić information content (AvgIpc) is 2.41. The van der Waals surface area contributed by atoms with Gasteiger partial charge in [0, 0.05) is 36.1 Å². The van der Waals surface area contributed by atoms with Crippen LogP contribution < -0.4 is 10.2 Å². The van der Waals surface area contributed by atoms with Gasteiger partial charge in [0.05, 0.1) is 0 Å². The van der Waals surface area contributed by atoms with Crippen LogP contribution in [0, 0.1) is 0 Å². The van der Waals surface area contributed by atoms with Crippen LogP contribution in [0.2, 0.25) is 0 Å². The van der Waals surface area contributed by atoms with Gasteiger partial charge in [-0.2, -0.15) is 0 Å². The zero-order chi connectivity index (χ0) is 14.7. The minimum atomic E-state index is -1.02. The summed E-state index contributed by atoms with van der Waals surface area (Å²) in [4.78, 5) is 17.3. The molecule has 2 N–H and O–H groups in total. The van der Waals surface area contributed by atoms with Crippen molar-refractivity contribution in [1.29, 1.82) is 0 Å². The van der Waals surface area contributed by atoms with Gasteiger partial charge in [-0.1, -0.05) is 0 Å². The van der Waals surface area contributed by atoms with E-state index in [2.05, 4.69) is 26.2 Å². The van der Waals surface area contributed by atoms with Crippen LogP contribution in [0.4, 0.5) is 17.2 Å². The summed E-state index contributed by atoms with van der Waals surface area (Å²) in [6, 6.07) is 9.17. The van der Waals surface area contributed by atoms with E-state index in [0.29, 0.717) is 10.3 Å². The van der Waals surface area contributed by atoms with Crippen LogP contribution in [0.1, 0.15) is 10.4 Å². The summed E-state index contributed by atoms with van der Waals surface area (Å²) < 4.78 is 0.628. The van der Waals surface area contributed by atoms with Crippen LogP contribution in [-0.4, -0.2) is 30.2 Å². The predicted molar refractivity (Wildman–Crippen MR) is 82.9 cm³/mol. The lowest BCUT2D eigenvalue weighted by atomic mass is 10.2.